The minimum atomic E-state index is -0.0424. The smallest absolute Gasteiger partial charge is 0.121 e. The number of aliphatic hydroxyl groups is 1. The molecule has 0 bridgehead atoms. The van der Waals surface area contributed by atoms with Crippen LogP contribution >= 0.6 is 0 Å². The molecule has 0 aliphatic carbocycles. The van der Waals surface area contributed by atoms with Crippen LogP contribution in [0.4, 0.5) is 5.69 Å². The maximum atomic E-state index is 9.04. The highest BCUT2D eigenvalue weighted by molar-refractivity contribution is 5.60. The van der Waals surface area contributed by atoms with E-state index in [4.69, 9.17) is 19.8 Å². The maximum absolute atomic E-state index is 9.04. The van der Waals surface area contributed by atoms with Gasteiger partial charge in [0.15, 0.2) is 0 Å². The Labute approximate surface area is 107 Å². The first kappa shape index (κ1) is 14.3. The standard InChI is InChI=1S/C13H18N2O3/c1-17-9-11(5-6-16)15-13-7-12(18-2)4-3-10(13)8-14/h3-4,7,11,15-16H,5-6,9H2,1-2H3. The third-order valence-electron chi connectivity index (χ3n) is 2.55. The molecule has 0 spiro atoms. The number of nitrogens with zero attached hydrogens (tertiary/aromatic N) is 1. The highest BCUT2D eigenvalue weighted by Crippen LogP contribution is 2.23. The Morgan fingerprint density at radius 1 is 1.44 bits per heavy atom. The molecule has 0 saturated heterocycles. The van der Waals surface area contributed by atoms with E-state index in [1.54, 1.807) is 32.4 Å². The molecule has 0 fully saturated rings. The summed E-state index contributed by atoms with van der Waals surface area (Å²) < 4.78 is 10.2. The number of rotatable bonds is 7. The topological polar surface area (TPSA) is 74.5 Å². The molecule has 0 saturated carbocycles. The Morgan fingerprint density at radius 3 is 2.78 bits per heavy atom. The first-order valence-electron chi connectivity index (χ1n) is 5.69. The largest absolute Gasteiger partial charge is 0.497 e. The molecule has 5 nitrogen and oxygen atoms in total. The number of hydrogen-bond acceptors (Lipinski definition) is 5. The molecule has 98 valence electrons. The van der Waals surface area contributed by atoms with Crippen LogP contribution in [0.3, 0.4) is 0 Å². The van der Waals surface area contributed by atoms with E-state index in [-0.39, 0.29) is 12.6 Å². The number of nitrogens with one attached hydrogen (secondary N) is 1. The summed E-state index contributed by atoms with van der Waals surface area (Å²) in [5.74, 6) is 0.677. The van der Waals surface area contributed by atoms with Crippen LogP contribution in [0.15, 0.2) is 18.2 Å². The van der Waals surface area contributed by atoms with E-state index in [1.165, 1.54) is 0 Å². The van der Waals surface area contributed by atoms with Gasteiger partial charge in [-0.25, -0.2) is 0 Å². The predicted octanol–water partition coefficient (Wildman–Crippen LogP) is 1.38. The summed E-state index contributed by atoms with van der Waals surface area (Å²) in [6.45, 7) is 0.523. The summed E-state index contributed by atoms with van der Waals surface area (Å²) in [5.41, 5.74) is 1.22. The van der Waals surface area contributed by atoms with Gasteiger partial charge in [-0.3, -0.25) is 0 Å². The highest BCUT2D eigenvalue weighted by atomic mass is 16.5. The Hall–Kier alpha value is -1.77. The number of anilines is 1. The lowest BCUT2D eigenvalue weighted by Gasteiger charge is -2.19. The SMILES string of the molecule is COCC(CCO)Nc1cc(OC)ccc1C#N. The fraction of sp³-hybridized carbons (Fsp3) is 0.462. The van der Waals surface area contributed by atoms with E-state index in [0.29, 0.717) is 30.0 Å². The molecule has 1 atom stereocenters. The predicted molar refractivity (Wildman–Crippen MR) is 68.7 cm³/mol. The van der Waals surface area contributed by atoms with E-state index in [2.05, 4.69) is 11.4 Å². The van der Waals surface area contributed by atoms with Crippen LogP contribution in [0.1, 0.15) is 12.0 Å². The molecule has 1 aromatic rings. The molecule has 18 heavy (non-hydrogen) atoms. The molecule has 2 N–H and O–H groups in total. The van der Waals surface area contributed by atoms with Crippen molar-refractivity contribution in [1.29, 1.82) is 5.26 Å². The van der Waals surface area contributed by atoms with Gasteiger partial charge < -0.3 is 19.9 Å². The van der Waals surface area contributed by atoms with Crippen LogP contribution < -0.4 is 10.1 Å². The molecule has 0 aliphatic rings. The van der Waals surface area contributed by atoms with Gasteiger partial charge in [-0.05, 0) is 18.6 Å². The summed E-state index contributed by atoms with van der Waals surface area (Å²) in [6.07, 6.45) is 0.552. The van der Waals surface area contributed by atoms with E-state index in [9.17, 15) is 0 Å². The Balaban J connectivity index is 2.88. The minimum Gasteiger partial charge on any atom is -0.497 e. The fourth-order valence-corrected chi connectivity index (χ4v) is 1.64. The van der Waals surface area contributed by atoms with Gasteiger partial charge in [-0.1, -0.05) is 0 Å². The van der Waals surface area contributed by atoms with Gasteiger partial charge in [-0.15, -0.1) is 0 Å². The van der Waals surface area contributed by atoms with Gasteiger partial charge in [0.1, 0.15) is 11.8 Å². The third kappa shape index (κ3) is 3.91. The summed E-state index contributed by atoms with van der Waals surface area (Å²) >= 11 is 0. The lowest BCUT2D eigenvalue weighted by Crippen LogP contribution is -2.26. The second-order valence-corrected chi connectivity index (χ2v) is 3.83. The van der Waals surface area contributed by atoms with Crippen molar-refractivity contribution < 1.29 is 14.6 Å². The van der Waals surface area contributed by atoms with Gasteiger partial charge in [0, 0.05) is 19.8 Å². The van der Waals surface area contributed by atoms with E-state index >= 15 is 0 Å². The highest BCUT2D eigenvalue weighted by Gasteiger charge is 2.11. The number of ether oxygens (including phenoxy) is 2. The number of aliphatic hydroxyl groups excluding tert-OH is 1. The number of hydrogen-bond donors (Lipinski definition) is 2. The fourth-order valence-electron chi connectivity index (χ4n) is 1.64. The molecule has 0 aliphatic heterocycles. The van der Waals surface area contributed by atoms with Gasteiger partial charge in [0.05, 0.1) is 31.0 Å². The normalized spacial score (nSPS) is 11.7. The molecular weight excluding hydrogens is 232 g/mol. The van der Waals surface area contributed by atoms with Crippen LogP contribution in [0, 0.1) is 11.3 Å². The summed E-state index contributed by atoms with van der Waals surface area (Å²) in [7, 11) is 3.17. The molecule has 0 radical (unpaired) electrons. The maximum Gasteiger partial charge on any atom is 0.121 e. The van der Waals surface area contributed by atoms with Crippen molar-refractivity contribution in [3.63, 3.8) is 0 Å². The number of benzene rings is 1. The Kier molecular flexibility index (Phi) is 5.98. The molecule has 0 amide bonds. The van der Waals surface area contributed by atoms with E-state index in [0.717, 1.165) is 0 Å². The quantitative estimate of drug-likeness (QED) is 0.764. The second-order valence-electron chi connectivity index (χ2n) is 3.83. The zero-order chi connectivity index (χ0) is 13.4. The molecule has 0 heterocycles. The van der Waals surface area contributed by atoms with Gasteiger partial charge in [0.25, 0.3) is 0 Å². The average molecular weight is 250 g/mol. The van der Waals surface area contributed by atoms with Gasteiger partial charge >= 0.3 is 0 Å². The van der Waals surface area contributed by atoms with Crippen LogP contribution in [-0.2, 0) is 4.74 Å². The van der Waals surface area contributed by atoms with Crippen molar-refractivity contribution in [2.24, 2.45) is 0 Å². The summed E-state index contributed by atoms with van der Waals surface area (Å²) in [6, 6.07) is 7.27. The van der Waals surface area contributed by atoms with Crippen molar-refractivity contribution >= 4 is 5.69 Å². The lowest BCUT2D eigenvalue weighted by atomic mass is 10.1. The van der Waals surface area contributed by atoms with E-state index < -0.39 is 0 Å². The van der Waals surface area contributed by atoms with Gasteiger partial charge in [0.2, 0.25) is 0 Å². The molecular formula is C13H18N2O3. The van der Waals surface area contributed by atoms with Crippen molar-refractivity contribution in [1.82, 2.24) is 0 Å². The summed E-state index contributed by atoms with van der Waals surface area (Å²) in [5, 5.41) is 21.2. The van der Waals surface area contributed by atoms with Crippen LogP contribution in [0.2, 0.25) is 0 Å². The monoisotopic (exact) mass is 250 g/mol. The molecule has 1 unspecified atom stereocenters. The van der Waals surface area contributed by atoms with Gasteiger partial charge in [-0.2, -0.15) is 5.26 Å². The number of nitriles is 1. The zero-order valence-electron chi connectivity index (χ0n) is 10.6. The minimum absolute atomic E-state index is 0.0424. The van der Waals surface area contributed by atoms with Crippen molar-refractivity contribution in [2.45, 2.75) is 12.5 Å². The first-order chi connectivity index (χ1) is 8.74. The van der Waals surface area contributed by atoms with Crippen molar-refractivity contribution in [2.75, 3.05) is 32.8 Å². The van der Waals surface area contributed by atoms with Crippen molar-refractivity contribution in [3.8, 4) is 11.8 Å². The molecule has 0 aromatic heterocycles. The average Bonchev–Trinajstić information content (AvgIpc) is 2.39. The van der Waals surface area contributed by atoms with Crippen LogP contribution in [0.25, 0.3) is 0 Å². The molecule has 1 aromatic carbocycles. The third-order valence-corrected chi connectivity index (χ3v) is 2.55. The van der Waals surface area contributed by atoms with Crippen LogP contribution in [0.5, 0.6) is 5.75 Å². The van der Waals surface area contributed by atoms with E-state index in [1.807, 2.05) is 0 Å². The molecule has 1 rings (SSSR count). The van der Waals surface area contributed by atoms with Crippen LogP contribution in [-0.4, -0.2) is 38.6 Å². The Morgan fingerprint density at radius 2 is 2.22 bits per heavy atom. The molecule has 5 heteroatoms. The summed E-state index contributed by atoms with van der Waals surface area (Å²) in [4.78, 5) is 0. The second kappa shape index (κ2) is 7.54. The Bertz CT molecular complexity index is 409. The number of methoxy groups -OCH3 is 2. The van der Waals surface area contributed by atoms with Crippen molar-refractivity contribution in [3.05, 3.63) is 23.8 Å². The zero-order valence-corrected chi connectivity index (χ0v) is 10.6. The first-order valence-corrected chi connectivity index (χ1v) is 5.69. The lowest BCUT2D eigenvalue weighted by molar-refractivity contribution is 0.170.